The maximum atomic E-state index is 4.26. The summed E-state index contributed by atoms with van der Waals surface area (Å²) in [5.41, 5.74) is 0. The highest BCUT2D eigenvalue weighted by Crippen LogP contribution is 2.14. The minimum Gasteiger partial charge on any atom is -0.237 e. The molecule has 0 saturated carbocycles. The summed E-state index contributed by atoms with van der Waals surface area (Å²) >= 11 is 1.73. The number of aryl methyl sites for hydroxylation is 1. The minimum atomic E-state index is 0.749. The zero-order valence-electron chi connectivity index (χ0n) is 7.84. The molecule has 0 aliphatic heterocycles. The Balaban J connectivity index is 2.15. The topological polar surface area (TPSA) is 25.2 Å². The monoisotopic (exact) mass is 202 g/mol. The van der Waals surface area contributed by atoms with E-state index >= 15 is 0 Å². The van der Waals surface area contributed by atoms with E-state index in [2.05, 4.69) is 29.0 Å². The largest absolute Gasteiger partial charge is 0.237 e. The van der Waals surface area contributed by atoms with Crippen LogP contribution in [0.2, 0.25) is 0 Å². The van der Waals surface area contributed by atoms with Crippen molar-refractivity contribution in [1.29, 1.82) is 0 Å². The van der Waals surface area contributed by atoms with Gasteiger partial charge in [0.1, 0.15) is 0 Å². The number of hydrogen-bond acceptors (Lipinski definition) is 3. The molecule has 2 aromatic heterocycles. The van der Waals surface area contributed by atoms with Crippen LogP contribution in [0.1, 0.15) is 9.75 Å². The molecule has 3 heteroatoms. The highest BCUT2D eigenvalue weighted by molar-refractivity contribution is 7.13. The maximum Gasteiger partial charge on any atom is 0.151 e. The van der Waals surface area contributed by atoms with Crippen molar-refractivity contribution in [2.75, 3.05) is 0 Å². The van der Waals surface area contributed by atoms with Gasteiger partial charge in [0.25, 0.3) is 0 Å². The van der Waals surface area contributed by atoms with Gasteiger partial charge >= 0.3 is 0 Å². The average molecular weight is 202 g/mol. The molecule has 0 unspecified atom stereocenters. The van der Waals surface area contributed by atoms with Crippen LogP contribution in [0.3, 0.4) is 0 Å². The van der Waals surface area contributed by atoms with Gasteiger partial charge in [0.15, 0.2) is 5.82 Å². The first kappa shape index (κ1) is 9.09. The van der Waals surface area contributed by atoms with Crippen LogP contribution in [0.25, 0.3) is 0 Å². The molecule has 2 aromatic rings. The molecule has 0 amide bonds. The fourth-order valence-electron chi connectivity index (χ4n) is 1.08. The van der Waals surface area contributed by atoms with Gasteiger partial charge in [-0.25, -0.2) is 9.98 Å². The van der Waals surface area contributed by atoms with E-state index in [0.29, 0.717) is 0 Å². The predicted molar refractivity (Wildman–Crippen MR) is 60.5 cm³/mol. The third kappa shape index (κ3) is 2.26. The molecule has 0 aromatic carbocycles. The molecule has 2 rings (SSSR count). The van der Waals surface area contributed by atoms with Crippen molar-refractivity contribution >= 4 is 23.4 Å². The van der Waals surface area contributed by atoms with Crippen molar-refractivity contribution in [2.45, 2.75) is 6.92 Å². The SMILES string of the molecule is Cc1ccc(/C=N/c2ccccn2)s1. The second kappa shape index (κ2) is 4.15. The third-order valence-corrected chi connectivity index (χ3v) is 2.67. The van der Waals surface area contributed by atoms with Crippen molar-refractivity contribution in [2.24, 2.45) is 4.99 Å². The molecule has 0 saturated heterocycles. The fourth-order valence-corrected chi connectivity index (χ4v) is 1.83. The summed E-state index contributed by atoms with van der Waals surface area (Å²) in [6.07, 6.45) is 3.59. The molecule has 0 radical (unpaired) electrons. The van der Waals surface area contributed by atoms with Gasteiger partial charge in [0.05, 0.1) is 0 Å². The number of rotatable bonds is 2. The van der Waals surface area contributed by atoms with Crippen LogP contribution >= 0.6 is 11.3 Å². The van der Waals surface area contributed by atoms with E-state index in [1.807, 2.05) is 24.4 Å². The number of thiophene rings is 1. The van der Waals surface area contributed by atoms with Gasteiger partial charge in [-0.3, -0.25) is 0 Å². The summed E-state index contributed by atoms with van der Waals surface area (Å²) in [5, 5.41) is 0. The summed E-state index contributed by atoms with van der Waals surface area (Å²) in [7, 11) is 0. The van der Waals surface area contributed by atoms with Gasteiger partial charge in [-0.2, -0.15) is 0 Å². The van der Waals surface area contributed by atoms with Gasteiger partial charge in [-0.1, -0.05) is 6.07 Å². The Morgan fingerprint density at radius 2 is 2.21 bits per heavy atom. The lowest BCUT2D eigenvalue weighted by atomic mass is 10.4. The van der Waals surface area contributed by atoms with Gasteiger partial charge < -0.3 is 0 Å². The molecule has 0 fully saturated rings. The number of aromatic nitrogens is 1. The molecule has 0 aliphatic carbocycles. The lowest BCUT2D eigenvalue weighted by molar-refractivity contribution is 1.28. The van der Waals surface area contributed by atoms with E-state index in [4.69, 9.17) is 0 Å². The molecule has 0 N–H and O–H groups in total. The standard InChI is InChI=1S/C11H10N2S/c1-9-5-6-10(14-9)8-13-11-4-2-3-7-12-11/h2-8H,1H3/b13-8+. The Morgan fingerprint density at radius 3 is 2.86 bits per heavy atom. The minimum absolute atomic E-state index is 0.749. The summed E-state index contributed by atoms with van der Waals surface area (Å²) < 4.78 is 0. The van der Waals surface area contributed by atoms with Gasteiger partial charge in [-0.15, -0.1) is 11.3 Å². The molecular weight excluding hydrogens is 192 g/mol. The fraction of sp³-hybridized carbons (Fsp3) is 0.0909. The van der Waals surface area contributed by atoms with Crippen molar-refractivity contribution in [3.8, 4) is 0 Å². The molecule has 0 bridgehead atoms. The van der Waals surface area contributed by atoms with E-state index < -0.39 is 0 Å². The zero-order valence-corrected chi connectivity index (χ0v) is 8.66. The summed E-state index contributed by atoms with van der Waals surface area (Å²) in [6, 6.07) is 9.85. The van der Waals surface area contributed by atoms with E-state index in [0.717, 1.165) is 10.7 Å². The maximum absolute atomic E-state index is 4.26. The van der Waals surface area contributed by atoms with Crippen LogP contribution < -0.4 is 0 Å². The first-order valence-corrected chi connectivity index (χ1v) is 5.18. The van der Waals surface area contributed by atoms with Crippen LogP contribution in [-0.4, -0.2) is 11.2 Å². The highest BCUT2D eigenvalue weighted by atomic mass is 32.1. The highest BCUT2D eigenvalue weighted by Gasteiger charge is 1.92. The van der Waals surface area contributed by atoms with Gasteiger partial charge in [-0.05, 0) is 31.2 Å². The number of hydrogen-bond donors (Lipinski definition) is 0. The Hall–Kier alpha value is -1.48. The van der Waals surface area contributed by atoms with Crippen LogP contribution in [-0.2, 0) is 0 Å². The van der Waals surface area contributed by atoms with Crippen LogP contribution in [0, 0.1) is 6.92 Å². The van der Waals surface area contributed by atoms with Crippen molar-refractivity contribution in [3.05, 3.63) is 46.3 Å². The molecular formula is C11H10N2S. The normalized spacial score (nSPS) is 10.9. The molecule has 0 atom stereocenters. The number of nitrogens with zero attached hydrogens (tertiary/aromatic N) is 2. The summed E-state index contributed by atoms with van der Waals surface area (Å²) in [5.74, 6) is 0.749. The number of pyridine rings is 1. The van der Waals surface area contributed by atoms with Crippen LogP contribution in [0.4, 0.5) is 5.82 Å². The van der Waals surface area contributed by atoms with Crippen LogP contribution in [0.5, 0.6) is 0 Å². The van der Waals surface area contributed by atoms with Gasteiger partial charge in [0.2, 0.25) is 0 Å². The smallest absolute Gasteiger partial charge is 0.151 e. The second-order valence-electron chi connectivity index (χ2n) is 2.89. The zero-order chi connectivity index (χ0) is 9.80. The lowest BCUT2D eigenvalue weighted by Gasteiger charge is -1.88. The Kier molecular flexibility index (Phi) is 2.70. The van der Waals surface area contributed by atoms with Crippen molar-refractivity contribution in [3.63, 3.8) is 0 Å². The molecule has 2 heterocycles. The van der Waals surface area contributed by atoms with E-state index in [1.165, 1.54) is 4.88 Å². The summed E-state index contributed by atoms with van der Waals surface area (Å²) in [6.45, 7) is 2.09. The summed E-state index contributed by atoms with van der Waals surface area (Å²) in [4.78, 5) is 10.8. The Labute approximate surface area is 87.0 Å². The molecule has 0 spiro atoms. The molecule has 0 aliphatic rings. The Morgan fingerprint density at radius 1 is 1.29 bits per heavy atom. The molecule has 14 heavy (non-hydrogen) atoms. The van der Waals surface area contributed by atoms with E-state index in [-0.39, 0.29) is 0 Å². The molecule has 2 nitrogen and oxygen atoms in total. The molecule has 70 valence electrons. The van der Waals surface area contributed by atoms with Crippen molar-refractivity contribution < 1.29 is 0 Å². The third-order valence-electron chi connectivity index (χ3n) is 1.73. The average Bonchev–Trinajstić information content (AvgIpc) is 2.63. The Bertz CT molecular complexity index is 432. The lowest BCUT2D eigenvalue weighted by Crippen LogP contribution is -1.74. The van der Waals surface area contributed by atoms with Gasteiger partial charge in [0, 0.05) is 22.2 Å². The van der Waals surface area contributed by atoms with E-state index in [1.54, 1.807) is 17.5 Å². The second-order valence-corrected chi connectivity index (χ2v) is 4.21. The van der Waals surface area contributed by atoms with Crippen molar-refractivity contribution in [1.82, 2.24) is 4.98 Å². The first-order chi connectivity index (χ1) is 6.84. The van der Waals surface area contributed by atoms with Crippen LogP contribution in [0.15, 0.2) is 41.5 Å². The predicted octanol–water partition coefficient (Wildman–Crippen LogP) is 3.20. The number of aliphatic imine (C=N–C) groups is 1. The quantitative estimate of drug-likeness (QED) is 0.686. The first-order valence-electron chi connectivity index (χ1n) is 4.36. The van der Waals surface area contributed by atoms with E-state index in [9.17, 15) is 0 Å².